The number of carbonyl (C=O) groups excluding carboxylic acids is 3. The number of unbranched alkanes of at least 4 members (excludes halogenated alkanes) is 35. The molecule has 0 amide bonds. The summed E-state index contributed by atoms with van der Waals surface area (Å²) in [6.45, 7) is 6.65. The van der Waals surface area contributed by atoms with E-state index in [4.69, 9.17) is 14.2 Å². The molecule has 0 rings (SSSR count). The predicted molar refractivity (Wildman–Crippen MR) is 252 cm³/mol. The third-order valence-corrected chi connectivity index (χ3v) is 11.8. The Bertz CT molecular complexity index is 916. The highest BCUT2D eigenvalue weighted by Crippen LogP contribution is 2.16. The van der Waals surface area contributed by atoms with Crippen LogP contribution >= 0.6 is 0 Å². The van der Waals surface area contributed by atoms with Crippen LogP contribution in [0.2, 0.25) is 0 Å². The van der Waals surface area contributed by atoms with Crippen LogP contribution in [0.1, 0.15) is 290 Å². The van der Waals surface area contributed by atoms with Gasteiger partial charge in [-0.15, -0.1) is 0 Å². The summed E-state index contributed by atoms with van der Waals surface area (Å²) in [4.78, 5) is 37.9. The molecule has 348 valence electrons. The van der Waals surface area contributed by atoms with Crippen LogP contribution in [-0.4, -0.2) is 37.2 Å². The molecular formula is C53H100O6. The SMILES string of the molecule is CCCCCC/C=C\CCCCCCCC(=O)OCC(COC(=O)CCCCCCCCCCCCCCCC)OC(=O)CCCCCCCCCCCCCCCC. The first-order valence-electron chi connectivity index (χ1n) is 26.2. The van der Waals surface area contributed by atoms with E-state index in [1.165, 1.54) is 186 Å². The molecule has 1 unspecified atom stereocenters. The van der Waals surface area contributed by atoms with Crippen LogP contribution in [0.4, 0.5) is 0 Å². The molecule has 0 fully saturated rings. The molecule has 0 saturated heterocycles. The Hall–Kier alpha value is -1.85. The van der Waals surface area contributed by atoms with E-state index in [0.29, 0.717) is 19.3 Å². The van der Waals surface area contributed by atoms with Crippen LogP contribution in [0.15, 0.2) is 12.2 Å². The number of ether oxygens (including phenoxy) is 3. The fourth-order valence-electron chi connectivity index (χ4n) is 7.79. The summed E-state index contributed by atoms with van der Waals surface area (Å²) < 4.78 is 16.8. The first-order valence-corrected chi connectivity index (χ1v) is 26.2. The van der Waals surface area contributed by atoms with Gasteiger partial charge in [-0.25, -0.2) is 0 Å². The molecule has 0 spiro atoms. The second-order valence-corrected chi connectivity index (χ2v) is 17.8. The number of rotatable bonds is 48. The monoisotopic (exact) mass is 833 g/mol. The van der Waals surface area contributed by atoms with Gasteiger partial charge in [0, 0.05) is 19.3 Å². The summed E-state index contributed by atoms with van der Waals surface area (Å²) >= 11 is 0. The van der Waals surface area contributed by atoms with Crippen molar-refractivity contribution in [1.29, 1.82) is 0 Å². The molecule has 0 aliphatic heterocycles. The van der Waals surface area contributed by atoms with Crippen molar-refractivity contribution in [2.75, 3.05) is 13.2 Å². The molecule has 0 N–H and O–H groups in total. The zero-order chi connectivity index (χ0) is 43.0. The van der Waals surface area contributed by atoms with Gasteiger partial charge in [0.15, 0.2) is 6.10 Å². The van der Waals surface area contributed by atoms with Crippen molar-refractivity contribution in [2.24, 2.45) is 0 Å². The van der Waals surface area contributed by atoms with Crippen molar-refractivity contribution in [3.63, 3.8) is 0 Å². The number of carbonyl (C=O) groups is 3. The molecule has 0 aromatic rings. The molecule has 0 radical (unpaired) electrons. The van der Waals surface area contributed by atoms with Gasteiger partial charge in [0.25, 0.3) is 0 Å². The van der Waals surface area contributed by atoms with E-state index >= 15 is 0 Å². The Kier molecular flexibility index (Phi) is 47.3. The maximum Gasteiger partial charge on any atom is 0.306 e. The van der Waals surface area contributed by atoms with E-state index in [1.54, 1.807) is 0 Å². The molecule has 0 aromatic heterocycles. The summed E-state index contributed by atoms with van der Waals surface area (Å²) in [5, 5.41) is 0. The van der Waals surface area contributed by atoms with Crippen molar-refractivity contribution < 1.29 is 28.6 Å². The number of hydrogen-bond acceptors (Lipinski definition) is 6. The summed E-state index contributed by atoms with van der Waals surface area (Å²) in [6.07, 6.45) is 53.3. The minimum atomic E-state index is -0.766. The molecule has 1 atom stereocenters. The van der Waals surface area contributed by atoms with Gasteiger partial charge in [-0.1, -0.05) is 238 Å². The normalized spacial score (nSPS) is 12.0. The fourth-order valence-corrected chi connectivity index (χ4v) is 7.79. The quantitative estimate of drug-likeness (QED) is 0.0263. The molecule has 0 aliphatic rings. The van der Waals surface area contributed by atoms with Gasteiger partial charge in [0.2, 0.25) is 0 Å². The van der Waals surface area contributed by atoms with Crippen LogP contribution in [-0.2, 0) is 28.6 Å². The van der Waals surface area contributed by atoms with Crippen LogP contribution < -0.4 is 0 Å². The predicted octanol–water partition coefficient (Wildman–Crippen LogP) is 17.0. The van der Waals surface area contributed by atoms with E-state index < -0.39 is 6.10 Å². The lowest BCUT2D eigenvalue weighted by atomic mass is 10.0. The third kappa shape index (κ3) is 47.1. The first kappa shape index (κ1) is 57.1. The lowest BCUT2D eigenvalue weighted by molar-refractivity contribution is -0.167. The molecule has 0 aliphatic carbocycles. The highest BCUT2D eigenvalue weighted by Gasteiger charge is 2.19. The molecule has 6 heteroatoms. The van der Waals surface area contributed by atoms with Gasteiger partial charge >= 0.3 is 17.9 Å². The van der Waals surface area contributed by atoms with Crippen molar-refractivity contribution >= 4 is 17.9 Å². The lowest BCUT2D eigenvalue weighted by Crippen LogP contribution is -2.30. The van der Waals surface area contributed by atoms with Gasteiger partial charge in [-0.2, -0.15) is 0 Å². The number of esters is 3. The molecular weight excluding hydrogens is 733 g/mol. The largest absolute Gasteiger partial charge is 0.462 e. The lowest BCUT2D eigenvalue weighted by Gasteiger charge is -2.18. The minimum absolute atomic E-state index is 0.0671. The topological polar surface area (TPSA) is 78.9 Å². The Labute approximate surface area is 367 Å². The highest BCUT2D eigenvalue weighted by atomic mass is 16.6. The first-order chi connectivity index (χ1) is 29.0. The van der Waals surface area contributed by atoms with Gasteiger partial charge < -0.3 is 14.2 Å². The molecule has 0 saturated carbocycles. The van der Waals surface area contributed by atoms with Gasteiger partial charge in [0.05, 0.1) is 0 Å². The molecule has 0 aromatic carbocycles. The van der Waals surface area contributed by atoms with Crippen LogP contribution in [0.25, 0.3) is 0 Å². The van der Waals surface area contributed by atoms with Crippen molar-refractivity contribution in [2.45, 2.75) is 297 Å². The molecule has 59 heavy (non-hydrogen) atoms. The Morgan fingerprint density at radius 3 is 0.864 bits per heavy atom. The second-order valence-electron chi connectivity index (χ2n) is 17.8. The summed E-state index contributed by atoms with van der Waals surface area (Å²) in [6, 6.07) is 0. The van der Waals surface area contributed by atoms with Gasteiger partial charge in [-0.3, -0.25) is 14.4 Å². The van der Waals surface area contributed by atoms with E-state index in [1.807, 2.05) is 0 Å². The average molecular weight is 833 g/mol. The number of allylic oxidation sites excluding steroid dienone is 2. The van der Waals surface area contributed by atoms with E-state index in [-0.39, 0.29) is 31.1 Å². The maximum absolute atomic E-state index is 12.8. The molecule has 0 heterocycles. The van der Waals surface area contributed by atoms with Crippen molar-refractivity contribution in [3.05, 3.63) is 12.2 Å². The molecule has 0 bridgehead atoms. The summed E-state index contributed by atoms with van der Waals surface area (Å²) in [7, 11) is 0. The van der Waals surface area contributed by atoms with Crippen LogP contribution in [0, 0.1) is 0 Å². The van der Waals surface area contributed by atoms with Crippen LogP contribution in [0.3, 0.4) is 0 Å². The zero-order valence-electron chi connectivity index (χ0n) is 39.8. The standard InChI is InChI=1S/C53H100O6/c1-4-7-10-13-16-19-22-25-28-31-34-37-40-43-46-52(55)58-49-50(48-57-51(54)45-42-39-36-33-30-27-24-21-18-15-12-9-6-3)59-53(56)47-44-41-38-35-32-29-26-23-20-17-14-11-8-5-2/h21,24,50H,4-20,22-23,25-49H2,1-3H3/b24-21-. The maximum atomic E-state index is 12.8. The van der Waals surface area contributed by atoms with Crippen LogP contribution in [0.5, 0.6) is 0 Å². The van der Waals surface area contributed by atoms with E-state index in [2.05, 4.69) is 32.9 Å². The Balaban J connectivity index is 4.33. The average Bonchev–Trinajstić information content (AvgIpc) is 3.23. The fraction of sp³-hybridized carbons (Fsp3) is 0.906. The summed E-state index contributed by atoms with van der Waals surface area (Å²) in [5.41, 5.74) is 0. The van der Waals surface area contributed by atoms with E-state index in [0.717, 1.165) is 64.2 Å². The minimum Gasteiger partial charge on any atom is -0.462 e. The highest BCUT2D eigenvalue weighted by molar-refractivity contribution is 5.71. The van der Waals surface area contributed by atoms with Gasteiger partial charge in [0.1, 0.15) is 13.2 Å². The zero-order valence-corrected chi connectivity index (χ0v) is 39.8. The number of hydrogen-bond donors (Lipinski definition) is 0. The third-order valence-electron chi connectivity index (χ3n) is 11.8. The Morgan fingerprint density at radius 2 is 0.559 bits per heavy atom. The summed E-state index contributed by atoms with van der Waals surface area (Å²) in [5.74, 6) is -0.858. The van der Waals surface area contributed by atoms with Crippen molar-refractivity contribution in [3.8, 4) is 0 Å². The second kappa shape index (κ2) is 48.8. The van der Waals surface area contributed by atoms with Gasteiger partial charge in [-0.05, 0) is 44.9 Å². The smallest absolute Gasteiger partial charge is 0.306 e. The van der Waals surface area contributed by atoms with Crippen molar-refractivity contribution in [1.82, 2.24) is 0 Å². The molecule has 6 nitrogen and oxygen atoms in total. The van der Waals surface area contributed by atoms with E-state index in [9.17, 15) is 14.4 Å². The Morgan fingerprint density at radius 1 is 0.322 bits per heavy atom.